The molecular weight excluding hydrogens is 1040 g/mol. The molecule has 0 radical (unpaired) electrons. The van der Waals surface area contributed by atoms with Crippen molar-refractivity contribution in [2.75, 3.05) is 22.9 Å². The fourth-order valence-corrected chi connectivity index (χ4v) is 13.5. The van der Waals surface area contributed by atoms with Crippen molar-refractivity contribution in [3.63, 3.8) is 0 Å². The SMILES string of the molecule is Cc1ccc(CN2C[C@@]3(C[C@H](O)[C@@H](n4cc([Si](C)(C)C)nn4)C3)c3c2ncc(Br)c3Cl)cc1.Cc1ccc(CN2C[C@]3(C[C@@H](O)[C@H](n4cc([Si](C)(C)C)nn4)C3)c3c2ncc(Br)c3Cl)cc1. The average Bonchev–Trinajstić information content (AvgIpc) is 4.11. The van der Waals surface area contributed by atoms with Crippen LogP contribution < -0.4 is 20.4 Å². The van der Waals surface area contributed by atoms with Crippen molar-refractivity contribution in [3.8, 4) is 0 Å². The number of hydrogen-bond donors (Lipinski definition) is 2. The first-order chi connectivity index (χ1) is 31.1. The summed E-state index contributed by atoms with van der Waals surface area (Å²) in [4.78, 5) is 14.2. The molecule has 66 heavy (non-hydrogen) atoms. The Bertz CT molecular complexity index is 2580. The van der Waals surface area contributed by atoms with E-state index in [1.54, 1.807) is 12.4 Å². The Morgan fingerprint density at radius 1 is 0.606 bits per heavy atom. The lowest BCUT2D eigenvalue weighted by Gasteiger charge is -2.26. The highest BCUT2D eigenvalue weighted by Gasteiger charge is 2.56. The number of fused-ring (bicyclic) bond motifs is 4. The van der Waals surface area contributed by atoms with Gasteiger partial charge in [0, 0.05) is 72.9 Å². The summed E-state index contributed by atoms with van der Waals surface area (Å²) in [5, 5.41) is 43.7. The van der Waals surface area contributed by atoms with Gasteiger partial charge in [0.15, 0.2) is 0 Å². The van der Waals surface area contributed by atoms with Gasteiger partial charge in [-0.2, -0.15) is 0 Å². The summed E-state index contributed by atoms with van der Waals surface area (Å²) in [6, 6.07) is 17.0. The van der Waals surface area contributed by atoms with E-state index in [2.05, 4.69) is 164 Å². The highest BCUT2D eigenvalue weighted by Crippen LogP contribution is 2.58. The van der Waals surface area contributed by atoms with Gasteiger partial charge >= 0.3 is 0 Å². The number of benzene rings is 2. The van der Waals surface area contributed by atoms with Crippen LogP contribution in [0.2, 0.25) is 49.3 Å². The lowest BCUT2D eigenvalue weighted by molar-refractivity contribution is 0.127. The van der Waals surface area contributed by atoms with E-state index in [-0.39, 0.29) is 22.9 Å². The number of aryl methyl sites for hydroxylation is 2. The van der Waals surface area contributed by atoms with Gasteiger partial charge in [-0.3, -0.25) is 0 Å². The van der Waals surface area contributed by atoms with Crippen LogP contribution in [0.1, 0.15) is 71.1 Å². The lowest BCUT2D eigenvalue weighted by Crippen LogP contribution is -2.38. The molecule has 6 heterocycles. The number of rotatable bonds is 8. The maximum absolute atomic E-state index is 11.2. The van der Waals surface area contributed by atoms with Crippen LogP contribution >= 0.6 is 55.1 Å². The Kier molecular flexibility index (Phi) is 12.8. The van der Waals surface area contributed by atoms with Gasteiger partial charge in [-0.15, -0.1) is 10.2 Å². The third-order valence-electron chi connectivity index (χ3n) is 14.1. The molecule has 2 aromatic carbocycles. The molecule has 2 aliphatic heterocycles. The quantitative estimate of drug-likeness (QED) is 0.142. The maximum atomic E-state index is 11.2. The van der Waals surface area contributed by atoms with Gasteiger partial charge in [0.25, 0.3) is 0 Å². The van der Waals surface area contributed by atoms with E-state index in [0.717, 1.165) is 81.4 Å². The minimum Gasteiger partial charge on any atom is -0.391 e. The normalized spacial score (nSPS) is 24.6. The number of nitrogens with zero attached hydrogens (tertiary/aromatic N) is 10. The third-order valence-corrected chi connectivity index (χ3v) is 20.0. The molecule has 0 amide bonds. The molecule has 18 heteroatoms. The molecule has 6 atom stereocenters. The summed E-state index contributed by atoms with van der Waals surface area (Å²) >= 11 is 20.9. The predicted octanol–water partition coefficient (Wildman–Crippen LogP) is 9.19. The smallest absolute Gasteiger partial charge is 0.134 e. The largest absolute Gasteiger partial charge is 0.391 e. The Morgan fingerprint density at radius 3 is 1.30 bits per heavy atom. The van der Waals surface area contributed by atoms with Crippen molar-refractivity contribution >= 4 is 93.5 Å². The number of anilines is 2. The minimum absolute atomic E-state index is 0.134. The molecule has 10 rings (SSSR count). The third kappa shape index (κ3) is 8.98. The first-order valence-corrected chi connectivity index (χ1v) is 32.0. The van der Waals surface area contributed by atoms with Crippen LogP contribution in [-0.2, 0) is 23.9 Å². The zero-order valence-corrected chi connectivity index (χ0v) is 45.5. The van der Waals surface area contributed by atoms with Crippen molar-refractivity contribution < 1.29 is 10.2 Å². The molecule has 0 saturated heterocycles. The summed E-state index contributed by atoms with van der Waals surface area (Å²) < 4.78 is 5.35. The van der Waals surface area contributed by atoms with Crippen LogP contribution in [0.25, 0.3) is 0 Å². The van der Waals surface area contributed by atoms with Crippen LogP contribution in [0.4, 0.5) is 11.6 Å². The van der Waals surface area contributed by atoms with Gasteiger partial charge < -0.3 is 20.0 Å². The molecule has 0 unspecified atom stereocenters. The second-order valence-corrected chi connectivity index (χ2v) is 33.7. The number of aliphatic hydroxyl groups excluding tert-OH is 2. The van der Waals surface area contributed by atoms with E-state index in [0.29, 0.717) is 22.9 Å². The van der Waals surface area contributed by atoms with E-state index >= 15 is 0 Å². The van der Waals surface area contributed by atoms with E-state index in [1.165, 1.54) is 22.3 Å². The van der Waals surface area contributed by atoms with Gasteiger partial charge in [0.1, 0.15) is 27.8 Å². The van der Waals surface area contributed by atoms with E-state index in [4.69, 9.17) is 33.2 Å². The second-order valence-electron chi connectivity index (χ2n) is 21.2. The molecule has 0 bridgehead atoms. The van der Waals surface area contributed by atoms with Crippen molar-refractivity contribution in [2.24, 2.45) is 0 Å². The highest BCUT2D eigenvalue weighted by atomic mass is 79.9. The Balaban J connectivity index is 0.000000166. The fraction of sp³-hybridized carbons (Fsp3) is 0.458. The van der Waals surface area contributed by atoms with Crippen LogP contribution in [0, 0.1) is 13.8 Å². The molecule has 2 spiro atoms. The number of halogens is 4. The fourth-order valence-electron chi connectivity index (χ4n) is 10.5. The van der Waals surface area contributed by atoms with Crippen molar-refractivity contribution in [3.05, 3.63) is 126 Å². The zero-order valence-electron chi connectivity index (χ0n) is 38.8. The van der Waals surface area contributed by atoms with Gasteiger partial charge in [0.05, 0.1) is 53.9 Å². The molecule has 348 valence electrons. The van der Waals surface area contributed by atoms with Gasteiger partial charge in [0.2, 0.25) is 0 Å². The standard InChI is InChI=1S/2C24H29BrClN5OSi/c2*1-15-5-7-16(8-6-15)12-30-14-24(21-22(26)17(25)11-27-23(21)30)9-18(19(32)10-24)31-13-20(28-29-31)33(2,3)4/h2*5-8,11,13,18-19,32H,9-10,12,14H2,1-4H3/t2*18-,19-,24+/m10/s1. The van der Waals surface area contributed by atoms with E-state index in [1.807, 2.05) is 21.8 Å². The summed E-state index contributed by atoms with van der Waals surface area (Å²) in [6.45, 7) is 20.8. The first-order valence-electron chi connectivity index (χ1n) is 22.7. The van der Waals surface area contributed by atoms with Crippen LogP contribution in [-0.4, -0.2) is 91.6 Å². The maximum Gasteiger partial charge on any atom is 0.134 e. The van der Waals surface area contributed by atoms with Gasteiger partial charge in [-0.25, -0.2) is 19.3 Å². The lowest BCUT2D eigenvalue weighted by atomic mass is 9.81. The van der Waals surface area contributed by atoms with Crippen LogP contribution in [0.3, 0.4) is 0 Å². The summed E-state index contributed by atoms with van der Waals surface area (Å²) in [5.41, 5.74) is 6.46. The minimum atomic E-state index is -1.58. The topological polar surface area (TPSA) is 134 Å². The van der Waals surface area contributed by atoms with Crippen molar-refractivity contribution in [1.29, 1.82) is 0 Å². The van der Waals surface area contributed by atoms with Gasteiger partial charge in [-0.05, 0) is 82.5 Å². The Morgan fingerprint density at radius 2 is 0.970 bits per heavy atom. The molecule has 4 aromatic heterocycles. The van der Waals surface area contributed by atoms with Crippen molar-refractivity contribution in [2.45, 2.75) is 127 Å². The molecule has 2 saturated carbocycles. The number of aromatic nitrogens is 8. The van der Waals surface area contributed by atoms with Gasteiger partial charge in [-0.1, -0.05) is 133 Å². The Labute approximate surface area is 416 Å². The zero-order chi connectivity index (χ0) is 47.1. The Hall–Kier alpha value is -3.49. The first kappa shape index (κ1) is 47.6. The molecule has 6 aromatic rings. The summed E-state index contributed by atoms with van der Waals surface area (Å²) in [6.07, 6.45) is 9.33. The number of aliphatic hydroxyl groups is 2. The molecule has 12 nitrogen and oxygen atoms in total. The summed E-state index contributed by atoms with van der Waals surface area (Å²) in [7, 11) is -3.16. The monoisotopic (exact) mass is 1090 g/mol. The van der Waals surface area contributed by atoms with Crippen LogP contribution in [0.15, 0.2) is 82.3 Å². The molecule has 2 fully saturated rings. The van der Waals surface area contributed by atoms with Crippen molar-refractivity contribution in [1.82, 2.24) is 40.0 Å². The summed E-state index contributed by atoms with van der Waals surface area (Å²) in [5.74, 6) is 1.83. The predicted molar refractivity (Wildman–Crippen MR) is 276 cm³/mol. The number of pyridine rings is 2. The highest BCUT2D eigenvalue weighted by molar-refractivity contribution is 9.10. The van der Waals surface area contributed by atoms with Crippen LogP contribution in [0.5, 0.6) is 0 Å². The average molecular weight is 1090 g/mol. The van der Waals surface area contributed by atoms with E-state index < -0.39 is 28.4 Å². The van der Waals surface area contributed by atoms with E-state index in [9.17, 15) is 10.2 Å². The molecule has 2 aliphatic carbocycles. The number of hydrogen-bond acceptors (Lipinski definition) is 10. The molecule has 4 aliphatic rings. The second kappa shape index (κ2) is 17.8. The molecular formula is C48H58Br2Cl2N10O2Si2. The molecule has 2 N–H and O–H groups in total.